The molecular formula is C31H53N3O4. The summed E-state index contributed by atoms with van der Waals surface area (Å²) in [6.07, 6.45) is 13.7. The van der Waals surface area contributed by atoms with Crippen LogP contribution in [0.1, 0.15) is 82.6 Å². The van der Waals surface area contributed by atoms with Crippen LogP contribution >= 0.6 is 0 Å². The molecule has 3 atom stereocenters. The van der Waals surface area contributed by atoms with E-state index in [0.29, 0.717) is 31.4 Å². The topological polar surface area (TPSA) is 54.5 Å². The standard InChI is InChI=1S/C20H27NO4.C11H26N2/c22-9-8-21-13-16(15-4-7-19-20(12-15)25-14-24-19)11-17(21)5-6-18-3-1-2-10-23-18;1-5-6-10-13(4)11-8-7-9-12(2)3/h4,7,9,12,16-18H,1-3,5-6,8,10-11,13-14H2;5-11H2,1-4H3/t16?,17-,18?;/m0./s1. The van der Waals surface area contributed by atoms with Crippen LogP contribution in [-0.4, -0.2) is 100 Å². The highest BCUT2D eigenvalue weighted by Gasteiger charge is 2.33. The van der Waals surface area contributed by atoms with Crippen LogP contribution in [0, 0.1) is 0 Å². The molecule has 3 heterocycles. The lowest BCUT2D eigenvalue weighted by molar-refractivity contribution is -0.109. The third-order valence-corrected chi connectivity index (χ3v) is 8.09. The van der Waals surface area contributed by atoms with E-state index in [1.165, 1.54) is 70.1 Å². The highest BCUT2D eigenvalue weighted by molar-refractivity contribution is 5.52. The van der Waals surface area contributed by atoms with E-state index in [1.807, 2.05) is 6.07 Å². The molecule has 0 saturated carbocycles. The molecule has 4 rings (SSSR count). The van der Waals surface area contributed by atoms with Crippen molar-refractivity contribution in [2.45, 2.75) is 89.2 Å². The summed E-state index contributed by atoms with van der Waals surface area (Å²) in [4.78, 5) is 18.1. The van der Waals surface area contributed by atoms with Crippen LogP contribution in [0.4, 0.5) is 0 Å². The van der Waals surface area contributed by atoms with Crippen molar-refractivity contribution >= 4 is 6.29 Å². The molecule has 1 aromatic rings. The number of carbonyl (C=O) groups excluding carboxylic acids is 1. The van der Waals surface area contributed by atoms with E-state index in [9.17, 15) is 4.79 Å². The molecule has 0 radical (unpaired) electrons. The van der Waals surface area contributed by atoms with E-state index in [-0.39, 0.29) is 0 Å². The zero-order valence-electron chi connectivity index (χ0n) is 24.5. The zero-order valence-corrected chi connectivity index (χ0v) is 24.5. The Kier molecular flexibility index (Phi) is 13.9. The van der Waals surface area contributed by atoms with Crippen LogP contribution in [0.25, 0.3) is 0 Å². The second-order valence-electron chi connectivity index (χ2n) is 11.6. The summed E-state index contributed by atoms with van der Waals surface area (Å²) in [5.74, 6) is 2.13. The maximum atomic E-state index is 11.1. The third-order valence-electron chi connectivity index (χ3n) is 8.09. The van der Waals surface area contributed by atoms with Gasteiger partial charge in [0.25, 0.3) is 0 Å². The van der Waals surface area contributed by atoms with Crippen molar-refractivity contribution in [1.82, 2.24) is 14.7 Å². The van der Waals surface area contributed by atoms with Gasteiger partial charge in [0, 0.05) is 19.2 Å². The Labute approximate surface area is 231 Å². The highest BCUT2D eigenvalue weighted by Crippen LogP contribution is 2.39. The number of hydrogen-bond acceptors (Lipinski definition) is 7. The lowest BCUT2D eigenvalue weighted by Crippen LogP contribution is -2.32. The minimum absolute atomic E-state index is 0.310. The Hall–Kier alpha value is -1.67. The number of aldehydes is 1. The molecule has 0 spiro atoms. The fourth-order valence-corrected chi connectivity index (χ4v) is 5.78. The van der Waals surface area contributed by atoms with Gasteiger partial charge in [0.1, 0.15) is 6.29 Å². The van der Waals surface area contributed by atoms with Crippen molar-refractivity contribution < 1.29 is 19.0 Å². The van der Waals surface area contributed by atoms with Crippen LogP contribution in [0.2, 0.25) is 0 Å². The Morgan fingerprint density at radius 3 is 2.53 bits per heavy atom. The van der Waals surface area contributed by atoms with Gasteiger partial charge in [0.2, 0.25) is 6.79 Å². The quantitative estimate of drug-likeness (QED) is 0.242. The Balaban J connectivity index is 0.000000263. The van der Waals surface area contributed by atoms with Gasteiger partial charge in [-0.15, -0.1) is 0 Å². The van der Waals surface area contributed by atoms with E-state index >= 15 is 0 Å². The molecule has 2 fully saturated rings. The number of rotatable bonds is 14. The number of benzene rings is 1. The smallest absolute Gasteiger partial charge is 0.231 e. The molecular weight excluding hydrogens is 478 g/mol. The highest BCUT2D eigenvalue weighted by atomic mass is 16.7. The normalized spacial score (nSPS) is 23.1. The minimum atomic E-state index is 0.310. The molecule has 0 amide bonds. The molecule has 2 unspecified atom stereocenters. The number of nitrogens with zero attached hydrogens (tertiary/aromatic N) is 3. The summed E-state index contributed by atoms with van der Waals surface area (Å²) in [5, 5.41) is 0. The van der Waals surface area contributed by atoms with Gasteiger partial charge >= 0.3 is 0 Å². The molecule has 0 N–H and O–H groups in total. The number of carbonyl (C=O) groups is 1. The summed E-state index contributed by atoms with van der Waals surface area (Å²) < 4.78 is 16.8. The van der Waals surface area contributed by atoms with Gasteiger partial charge in [-0.05, 0) is 122 Å². The molecule has 38 heavy (non-hydrogen) atoms. The van der Waals surface area contributed by atoms with E-state index in [1.54, 1.807) is 0 Å². The van der Waals surface area contributed by atoms with Crippen molar-refractivity contribution in [2.75, 3.05) is 67.3 Å². The molecule has 3 aliphatic heterocycles. The van der Waals surface area contributed by atoms with Gasteiger partial charge in [0.15, 0.2) is 11.5 Å². The van der Waals surface area contributed by atoms with Gasteiger partial charge in [-0.2, -0.15) is 0 Å². The first-order valence-electron chi connectivity index (χ1n) is 15.0. The predicted molar refractivity (Wildman–Crippen MR) is 154 cm³/mol. The summed E-state index contributed by atoms with van der Waals surface area (Å²) in [6, 6.07) is 6.72. The summed E-state index contributed by atoms with van der Waals surface area (Å²) in [5.41, 5.74) is 1.29. The minimum Gasteiger partial charge on any atom is -0.454 e. The monoisotopic (exact) mass is 531 g/mol. The lowest BCUT2D eigenvalue weighted by Gasteiger charge is -2.26. The largest absolute Gasteiger partial charge is 0.454 e. The average Bonchev–Trinajstić information content (AvgIpc) is 3.56. The molecule has 7 nitrogen and oxygen atoms in total. The average molecular weight is 532 g/mol. The Morgan fingerprint density at radius 1 is 1.00 bits per heavy atom. The molecule has 2 saturated heterocycles. The van der Waals surface area contributed by atoms with Crippen LogP contribution in [0.15, 0.2) is 18.2 Å². The van der Waals surface area contributed by atoms with Gasteiger partial charge in [-0.3, -0.25) is 4.90 Å². The van der Waals surface area contributed by atoms with E-state index in [4.69, 9.17) is 14.2 Å². The predicted octanol–water partition coefficient (Wildman–Crippen LogP) is 5.18. The van der Waals surface area contributed by atoms with Crippen molar-refractivity contribution in [3.63, 3.8) is 0 Å². The summed E-state index contributed by atoms with van der Waals surface area (Å²) in [7, 11) is 6.51. The first-order valence-corrected chi connectivity index (χ1v) is 15.0. The first kappa shape index (κ1) is 30.9. The van der Waals surface area contributed by atoms with Gasteiger partial charge in [-0.1, -0.05) is 19.4 Å². The fraction of sp³-hybridized carbons (Fsp3) is 0.774. The van der Waals surface area contributed by atoms with Crippen LogP contribution < -0.4 is 9.47 Å². The van der Waals surface area contributed by atoms with Crippen LogP contribution in [0.3, 0.4) is 0 Å². The summed E-state index contributed by atoms with van der Waals surface area (Å²) >= 11 is 0. The van der Waals surface area contributed by atoms with Crippen molar-refractivity contribution in [3.05, 3.63) is 23.8 Å². The van der Waals surface area contributed by atoms with Crippen LogP contribution in [-0.2, 0) is 9.53 Å². The SMILES string of the molecule is CCCCN(C)CCCCN(C)C.O=CCN1CC(c2ccc3c(c2)OCO3)C[C@@H]1CCC1CCCCO1. The number of unbranched alkanes of at least 4 members (excludes halogenated alkanes) is 2. The molecule has 0 bridgehead atoms. The second-order valence-corrected chi connectivity index (χ2v) is 11.6. The molecule has 216 valence electrons. The molecule has 1 aromatic carbocycles. The second kappa shape index (κ2) is 17.1. The third kappa shape index (κ3) is 10.5. The fourth-order valence-electron chi connectivity index (χ4n) is 5.78. The molecule has 0 aromatic heterocycles. The molecule has 0 aliphatic carbocycles. The van der Waals surface area contributed by atoms with Crippen molar-refractivity contribution in [2.24, 2.45) is 0 Å². The van der Waals surface area contributed by atoms with Crippen molar-refractivity contribution in [3.8, 4) is 11.5 Å². The maximum absolute atomic E-state index is 11.1. The molecule has 7 heteroatoms. The maximum Gasteiger partial charge on any atom is 0.231 e. The summed E-state index contributed by atoms with van der Waals surface area (Å²) in [6.45, 7) is 8.68. The number of likely N-dealkylation sites (tertiary alicyclic amines) is 1. The van der Waals surface area contributed by atoms with Crippen molar-refractivity contribution in [1.29, 1.82) is 0 Å². The van der Waals surface area contributed by atoms with Crippen LogP contribution in [0.5, 0.6) is 11.5 Å². The first-order chi connectivity index (χ1) is 18.5. The Bertz CT molecular complexity index is 799. The lowest BCUT2D eigenvalue weighted by atomic mass is 9.93. The van der Waals surface area contributed by atoms with E-state index in [0.717, 1.165) is 50.2 Å². The molecule has 3 aliphatic rings. The van der Waals surface area contributed by atoms with Gasteiger partial charge < -0.3 is 28.8 Å². The van der Waals surface area contributed by atoms with Gasteiger partial charge in [0.05, 0.1) is 12.6 Å². The van der Waals surface area contributed by atoms with E-state index in [2.05, 4.69) is 54.9 Å². The van der Waals surface area contributed by atoms with Gasteiger partial charge in [-0.25, -0.2) is 0 Å². The number of fused-ring (bicyclic) bond motifs is 1. The number of hydrogen-bond donors (Lipinski definition) is 0. The number of ether oxygens (including phenoxy) is 3. The Morgan fingerprint density at radius 2 is 1.79 bits per heavy atom. The van der Waals surface area contributed by atoms with E-state index < -0.39 is 0 Å². The zero-order chi connectivity index (χ0) is 27.2.